The Labute approximate surface area is 384 Å². The normalized spacial score (nSPS) is 12.1. The van der Waals surface area contributed by atoms with Crippen LogP contribution in [0.1, 0.15) is 22.3 Å². The van der Waals surface area contributed by atoms with Gasteiger partial charge in [-0.25, -0.2) is 65.9 Å². The number of ether oxygens (including phenoxy) is 1. The Bertz CT molecular complexity index is 2900. The molecule has 69 heavy (non-hydrogen) atoms. The van der Waals surface area contributed by atoms with Crippen molar-refractivity contribution in [3.05, 3.63) is 225 Å². The molecule has 0 amide bonds. The zero-order valence-electron chi connectivity index (χ0n) is 36.0. The van der Waals surface area contributed by atoms with Crippen molar-refractivity contribution in [2.24, 2.45) is 0 Å². The first-order valence-electron chi connectivity index (χ1n) is 20.1. The molecule has 0 spiro atoms. The summed E-state index contributed by atoms with van der Waals surface area (Å²) in [4.78, 5) is 0. The van der Waals surface area contributed by atoms with Gasteiger partial charge in [0.1, 0.15) is 69.1 Å². The molecule has 2 nitrogen and oxygen atoms in total. The van der Waals surface area contributed by atoms with Gasteiger partial charge in [0.05, 0.1) is 12.9 Å². The van der Waals surface area contributed by atoms with Gasteiger partial charge in [-0.15, -0.1) is 0 Å². The van der Waals surface area contributed by atoms with Crippen LogP contribution in [0, 0.1) is 108 Å². The maximum atomic E-state index is 16.7. The fraction of sp³-hybridized carbons (Fsp3) is 0.0800. The van der Waals surface area contributed by atoms with Crippen LogP contribution in [-0.2, 0) is 4.65 Å². The smallest absolute Gasteiger partial charge is 0.266 e. The highest BCUT2D eigenvalue weighted by atomic mass is 31.2. The Morgan fingerprint density at radius 1 is 0.420 bits per heavy atom. The molecule has 356 valence electrons. The number of allylic oxidation sites excluding steroid dienone is 2. The molecule has 0 aliphatic heterocycles. The molecule has 7 rings (SSSR count). The lowest BCUT2D eigenvalue weighted by atomic mass is 9.27. The zero-order valence-corrected chi connectivity index (χ0v) is 36.9. The SMILES string of the molecule is C=C(/C=C(\O[B-](c1c(F)c(F)c(F)c(F)c1F)(c1c(F)c(F)c(F)c(F)c1F)c1c(F)c(F)c(F)c(F)c1F)c1ccc(OC)cc1)[P+](c1ccccc1C)(c1ccccc1C)c1ccccc1C. The average molecular weight is 991 g/mol. The molecule has 0 heterocycles. The predicted octanol–water partition coefficient (Wildman–Crippen LogP) is 11.2. The molecule has 0 saturated carbocycles. The summed E-state index contributed by atoms with van der Waals surface area (Å²) >= 11 is 0. The minimum Gasteiger partial charge on any atom is -0.702 e. The van der Waals surface area contributed by atoms with Crippen LogP contribution < -0.4 is 37.0 Å². The van der Waals surface area contributed by atoms with E-state index in [1.807, 2.05) is 0 Å². The van der Waals surface area contributed by atoms with Crippen molar-refractivity contribution in [2.45, 2.75) is 20.8 Å². The van der Waals surface area contributed by atoms with E-state index < -0.39 is 129 Å². The molecule has 0 saturated heterocycles. The Hall–Kier alpha value is -6.94. The predicted molar refractivity (Wildman–Crippen MR) is 234 cm³/mol. The lowest BCUT2D eigenvalue weighted by Gasteiger charge is -2.46. The lowest BCUT2D eigenvalue weighted by Crippen LogP contribution is -2.74. The molecule has 7 aromatic rings. The van der Waals surface area contributed by atoms with Gasteiger partial charge < -0.3 is 9.39 Å². The second-order valence-corrected chi connectivity index (χ2v) is 19.0. The summed E-state index contributed by atoms with van der Waals surface area (Å²) in [7, 11) is -2.49. The monoisotopic (exact) mass is 990 g/mol. The highest BCUT2D eigenvalue weighted by Crippen LogP contribution is 2.64. The van der Waals surface area contributed by atoms with E-state index in [4.69, 9.17) is 9.39 Å². The molecule has 0 aliphatic carbocycles. The van der Waals surface area contributed by atoms with E-state index in [0.29, 0.717) is 32.6 Å². The molecule has 0 aromatic heterocycles. The van der Waals surface area contributed by atoms with Gasteiger partial charge in [-0.05, 0) is 79.9 Å². The van der Waals surface area contributed by atoms with Crippen LogP contribution in [0.4, 0.5) is 65.9 Å². The molecule has 0 bridgehead atoms. The maximum Gasteiger partial charge on any atom is 0.266 e. The highest BCUT2D eigenvalue weighted by molar-refractivity contribution is 7.99. The summed E-state index contributed by atoms with van der Waals surface area (Å²) in [5.74, 6) is -48.7. The third-order valence-electron chi connectivity index (χ3n) is 11.8. The molecule has 0 fully saturated rings. The van der Waals surface area contributed by atoms with Crippen molar-refractivity contribution in [1.82, 2.24) is 0 Å². The van der Waals surface area contributed by atoms with E-state index in [0.717, 1.165) is 30.3 Å². The van der Waals surface area contributed by atoms with Crippen LogP contribution in [0.5, 0.6) is 5.75 Å². The van der Waals surface area contributed by atoms with Gasteiger partial charge in [0.15, 0.2) is 52.4 Å². The fourth-order valence-corrected chi connectivity index (χ4v) is 13.4. The standard InChI is InChI=1S/C50H31BF15O2P/c1-23-12-6-9-15-30(23)69(31-16-10-7-13-24(31)2,32-17-11-8-14-25(32)3)26(4)22-29(27-18-20-28(67-5)21-19-27)68-51(33-36(52)42(58)48(64)43(59)37(33)53,34-38(54)44(60)49(65)45(61)39(34)55)35-40(56)46(62)50(66)47(63)41(35)57/h6-22H,4H2,1-3,5H3/b29-22-. The molecule has 19 heteroatoms. The summed E-state index contributed by atoms with van der Waals surface area (Å²) < 4.78 is 250. The molecule has 7 aromatic carbocycles. The Morgan fingerprint density at radius 2 is 0.696 bits per heavy atom. The van der Waals surface area contributed by atoms with Crippen molar-refractivity contribution in [2.75, 3.05) is 7.11 Å². The van der Waals surface area contributed by atoms with E-state index >= 15 is 52.7 Å². The molecule has 0 N–H and O–H groups in total. The van der Waals surface area contributed by atoms with E-state index in [1.165, 1.54) is 7.11 Å². The maximum absolute atomic E-state index is 16.7. The minimum atomic E-state index is -6.50. The van der Waals surface area contributed by atoms with Gasteiger partial charge in [0.2, 0.25) is 0 Å². The van der Waals surface area contributed by atoms with Gasteiger partial charge in [-0.3, -0.25) is 0 Å². The van der Waals surface area contributed by atoms with Crippen LogP contribution in [0.3, 0.4) is 0 Å². The number of halogens is 15. The molecule has 0 unspecified atom stereocenters. The Morgan fingerprint density at radius 3 is 0.971 bits per heavy atom. The first-order chi connectivity index (χ1) is 32.6. The fourth-order valence-electron chi connectivity index (χ4n) is 8.60. The number of hydrogen-bond acceptors (Lipinski definition) is 2. The number of aryl methyl sites for hydroxylation is 3. The van der Waals surface area contributed by atoms with Crippen LogP contribution in [-0.4, -0.2) is 13.5 Å². The molecule has 0 radical (unpaired) electrons. The van der Waals surface area contributed by atoms with Crippen LogP contribution >= 0.6 is 7.26 Å². The van der Waals surface area contributed by atoms with Crippen molar-refractivity contribution in [3.8, 4) is 5.75 Å². The van der Waals surface area contributed by atoms with E-state index in [1.54, 1.807) is 93.6 Å². The topological polar surface area (TPSA) is 18.5 Å². The third-order valence-corrected chi connectivity index (χ3v) is 16.5. The summed E-state index contributed by atoms with van der Waals surface area (Å²) in [6, 6.07) is 24.4. The molecular weight excluding hydrogens is 959 g/mol. The van der Waals surface area contributed by atoms with E-state index in [9.17, 15) is 13.2 Å². The van der Waals surface area contributed by atoms with Crippen LogP contribution in [0.25, 0.3) is 5.76 Å². The van der Waals surface area contributed by atoms with Gasteiger partial charge in [0.25, 0.3) is 6.35 Å². The van der Waals surface area contributed by atoms with E-state index in [-0.39, 0.29) is 11.1 Å². The summed E-state index contributed by atoms with van der Waals surface area (Å²) in [6.07, 6.45) is -5.67. The van der Waals surface area contributed by atoms with Crippen molar-refractivity contribution >= 4 is 51.7 Å². The highest BCUT2D eigenvalue weighted by Gasteiger charge is 2.53. The summed E-state index contributed by atoms with van der Waals surface area (Å²) in [5, 5.41) is 1.38. The Balaban J connectivity index is 1.79. The van der Waals surface area contributed by atoms with Gasteiger partial charge in [-0.2, -0.15) is 0 Å². The van der Waals surface area contributed by atoms with Crippen molar-refractivity contribution < 1.29 is 75.2 Å². The third kappa shape index (κ3) is 7.82. The largest absolute Gasteiger partial charge is 0.702 e. The van der Waals surface area contributed by atoms with E-state index in [2.05, 4.69) is 6.58 Å². The summed E-state index contributed by atoms with van der Waals surface area (Å²) in [5.41, 5.74) is -7.59. The van der Waals surface area contributed by atoms with Gasteiger partial charge >= 0.3 is 0 Å². The zero-order chi connectivity index (χ0) is 50.6. The quantitative estimate of drug-likeness (QED) is 0.0231. The number of benzene rings is 7. The second kappa shape index (κ2) is 18.9. The van der Waals surface area contributed by atoms with Crippen LogP contribution in [0.2, 0.25) is 0 Å². The number of rotatable bonds is 12. The van der Waals surface area contributed by atoms with Crippen LogP contribution in [0.15, 0.2) is 115 Å². The number of methoxy groups -OCH3 is 1. The number of hydrogen-bond donors (Lipinski definition) is 0. The van der Waals surface area contributed by atoms with Crippen molar-refractivity contribution in [3.63, 3.8) is 0 Å². The average Bonchev–Trinajstić information content (AvgIpc) is 3.34. The van der Waals surface area contributed by atoms with Gasteiger partial charge in [-0.1, -0.05) is 77.6 Å². The lowest BCUT2D eigenvalue weighted by molar-refractivity contribution is 0.373. The molecular formula is C50H31BF15O2P. The van der Waals surface area contributed by atoms with Crippen molar-refractivity contribution in [1.29, 1.82) is 0 Å². The molecule has 0 aliphatic rings. The summed E-state index contributed by atoms with van der Waals surface area (Å²) in [6.45, 7) is 9.51. The first-order valence-corrected chi connectivity index (χ1v) is 21.9. The first kappa shape index (κ1) is 50.0. The second-order valence-electron chi connectivity index (χ2n) is 15.6. The minimum absolute atomic E-state index is 0.00887. The molecule has 0 atom stereocenters. The Kier molecular flexibility index (Phi) is 13.7. The van der Waals surface area contributed by atoms with Gasteiger partial charge in [0, 0.05) is 11.6 Å².